The van der Waals surface area contributed by atoms with Gasteiger partial charge in [-0.05, 0) is 30.7 Å². The first-order valence-corrected chi connectivity index (χ1v) is 8.42. The summed E-state index contributed by atoms with van der Waals surface area (Å²) in [6.45, 7) is 2.17. The number of hydrogen-bond acceptors (Lipinski definition) is 6. The molecule has 122 valence electrons. The van der Waals surface area contributed by atoms with Crippen molar-refractivity contribution in [3.05, 3.63) is 70.3 Å². The maximum atomic E-state index is 12.3. The molecule has 6 heteroatoms. The van der Waals surface area contributed by atoms with E-state index in [0.717, 1.165) is 17.1 Å². The molecule has 0 radical (unpaired) electrons. The lowest BCUT2D eigenvalue weighted by molar-refractivity contribution is 0.0464. The Balaban J connectivity index is 1.70. The predicted molar refractivity (Wildman–Crippen MR) is 91.4 cm³/mol. The van der Waals surface area contributed by atoms with E-state index in [1.165, 1.54) is 0 Å². The lowest BCUT2D eigenvalue weighted by Crippen LogP contribution is -2.08. The molecule has 1 aromatic carbocycles. The van der Waals surface area contributed by atoms with E-state index < -0.39 is 5.97 Å². The first kappa shape index (κ1) is 16.1. The molecule has 0 saturated heterocycles. The van der Waals surface area contributed by atoms with Crippen LogP contribution in [0.5, 0.6) is 11.6 Å². The number of ether oxygens (including phenoxy) is 2. The highest BCUT2D eigenvalue weighted by Gasteiger charge is 2.16. The van der Waals surface area contributed by atoms with Gasteiger partial charge in [0.15, 0.2) is 0 Å². The molecule has 0 bridgehead atoms. The fourth-order valence-electron chi connectivity index (χ4n) is 2.02. The van der Waals surface area contributed by atoms with Gasteiger partial charge in [0.25, 0.3) is 0 Å². The van der Waals surface area contributed by atoms with Crippen LogP contribution in [0.4, 0.5) is 0 Å². The molecule has 24 heavy (non-hydrogen) atoms. The summed E-state index contributed by atoms with van der Waals surface area (Å²) in [7, 11) is 0. The highest BCUT2D eigenvalue weighted by atomic mass is 32.1. The third kappa shape index (κ3) is 3.97. The van der Waals surface area contributed by atoms with Crippen molar-refractivity contribution in [1.29, 1.82) is 0 Å². The number of carbonyl (C=O) groups excluding carboxylic acids is 1. The van der Waals surface area contributed by atoms with Gasteiger partial charge in [0.2, 0.25) is 5.88 Å². The van der Waals surface area contributed by atoms with Crippen molar-refractivity contribution < 1.29 is 14.3 Å². The van der Waals surface area contributed by atoms with Crippen molar-refractivity contribution >= 4 is 17.3 Å². The Morgan fingerprint density at radius 3 is 2.75 bits per heavy atom. The van der Waals surface area contributed by atoms with Gasteiger partial charge in [0.1, 0.15) is 17.9 Å². The molecule has 3 aromatic rings. The molecule has 0 unspecified atom stereocenters. The minimum absolute atomic E-state index is 0.134. The summed E-state index contributed by atoms with van der Waals surface area (Å²) in [4.78, 5) is 20.8. The Hall–Kier alpha value is -2.73. The minimum atomic E-state index is -0.486. The topological polar surface area (TPSA) is 61.3 Å². The number of pyridine rings is 1. The summed E-state index contributed by atoms with van der Waals surface area (Å²) in [5.74, 6) is 0.346. The maximum absolute atomic E-state index is 12.3. The quantitative estimate of drug-likeness (QED) is 0.628. The van der Waals surface area contributed by atoms with Crippen molar-refractivity contribution in [2.24, 2.45) is 0 Å². The van der Waals surface area contributed by atoms with Crippen LogP contribution in [0.15, 0.2) is 54.0 Å². The fourth-order valence-corrected chi connectivity index (χ4v) is 2.75. The summed E-state index contributed by atoms with van der Waals surface area (Å²) in [5, 5.41) is 2.92. The Labute approximate surface area is 143 Å². The fraction of sp³-hybridized carbons (Fsp3) is 0.167. The average Bonchev–Trinajstić information content (AvgIpc) is 3.09. The second-order valence-corrected chi connectivity index (χ2v) is 5.88. The normalized spacial score (nSPS) is 10.4. The SMILES string of the molecule is CCc1nc(COC(=O)c2cccnc2Oc2ccccc2)cs1. The maximum Gasteiger partial charge on any atom is 0.344 e. The van der Waals surface area contributed by atoms with E-state index in [-0.39, 0.29) is 18.1 Å². The van der Waals surface area contributed by atoms with Crippen molar-refractivity contribution in [1.82, 2.24) is 9.97 Å². The first-order chi connectivity index (χ1) is 11.8. The molecule has 2 heterocycles. The molecule has 0 fully saturated rings. The second kappa shape index (κ2) is 7.70. The van der Waals surface area contributed by atoms with E-state index in [2.05, 4.69) is 9.97 Å². The van der Waals surface area contributed by atoms with E-state index in [4.69, 9.17) is 9.47 Å². The van der Waals surface area contributed by atoms with E-state index in [1.54, 1.807) is 41.8 Å². The molecule has 0 aliphatic rings. The Morgan fingerprint density at radius 1 is 1.17 bits per heavy atom. The summed E-state index contributed by atoms with van der Waals surface area (Å²) in [6, 6.07) is 12.5. The molecular formula is C18H16N2O3S. The van der Waals surface area contributed by atoms with Crippen LogP contribution in [-0.2, 0) is 17.8 Å². The zero-order valence-corrected chi connectivity index (χ0v) is 14.0. The Bertz CT molecular complexity index is 818. The van der Waals surface area contributed by atoms with Gasteiger partial charge in [-0.15, -0.1) is 11.3 Å². The van der Waals surface area contributed by atoms with Gasteiger partial charge in [0, 0.05) is 11.6 Å². The summed E-state index contributed by atoms with van der Waals surface area (Å²) >= 11 is 1.56. The van der Waals surface area contributed by atoms with Crippen LogP contribution in [0.3, 0.4) is 0 Å². The number of benzene rings is 1. The molecule has 0 amide bonds. The van der Waals surface area contributed by atoms with Gasteiger partial charge >= 0.3 is 5.97 Å². The largest absolute Gasteiger partial charge is 0.455 e. The Kier molecular flexibility index (Phi) is 5.18. The lowest BCUT2D eigenvalue weighted by Gasteiger charge is -2.09. The molecule has 2 aromatic heterocycles. The predicted octanol–water partition coefficient (Wildman–Crippen LogP) is 4.25. The Morgan fingerprint density at radius 2 is 2.00 bits per heavy atom. The van der Waals surface area contributed by atoms with Crippen LogP contribution in [0.1, 0.15) is 28.0 Å². The smallest absolute Gasteiger partial charge is 0.344 e. The van der Waals surface area contributed by atoms with Gasteiger partial charge in [-0.2, -0.15) is 0 Å². The third-order valence-corrected chi connectivity index (χ3v) is 4.24. The minimum Gasteiger partial charge on any atom is -0.455 e. The molecule has 0 spiro atoms. The van der Waals surface area contributed by atoms with Crippen molar-refractivity contribution in [2.45, 2.75) is 20.0 Å². The first-order valence-electron chi connectivity index (χ1n) is 7.54. The number of aryl methyl sites for hydroxylation is 1. The molecule has 0 aliphatic carbocycles. The number of aromatic nitrogens is 2. The number of rotatable bonds is 6. The van der Waals surface area contributed by atoms with Crippen LogP contribution in [0.25, 0.3) is 0 Å². The molecule has 5 nitrogen and oxygen atoms in total. The van der Waals surface area contributed by atoms with Gasteiger partial charge in [-0.25, -0.2) is 14.8 Å². The van der Waals surface area contributed by atoms with E-state index >= 15 is 0 Å². The zero-order valence-electron chi connectivity index (χ0n) is 13.1. The number of para-hydroxylation sites is 1. The van der Waals surface area contributed by atoms with E-state index in [1.807, 2.05) is 30.5 Å². The summed E-state index contributed by atoms with van der Waals surface area (Å²) < 4.78 is 11.0. The zero-order chi connectivity index (χ0) is 16.8. The van der Waals surface area contributed by atoms with Crippen molar-refractivity contribution in [2.75, 3.05) is 0 Å². The summed E-state index contributed by atoms with van der Waals surface area (Å²) in [6.07, 6.45) is 2.44. The molecule has 0 N–H and O–H groups in total. The van der Waals surface area contributed by atoms with Crippen LogP contribution in [0, 0.1) is 0 Å². The number of esters is 1. The number of carbonyl (C=O) groups is 1. The molecule has 0 saturated carbocycles. The number of thiazole rings is 1. The number of nitrogens with zero attached hydrogens (tertiary/aromatic N) is 2. The second-order valence-electron chi connectivity index (χ2n) is 4.93. The van der Waals surface area contributed by atoms with E-state index in [0.29, 0.717) is 5.75 Å². The third-order valence-electron chi connectivity index (χ3n) is 3.20. The van der Waals surface area contributed by atoms with Gasteiger partial charge in [0.05, 0.1) is 10.7 Å². The van der Waals surface area contributed by atoms with Crippen LogP contribution < -0.4 is 4.74 Å². The van der Waals surface area contributed by atoms with E-state index in [9.17, 15) is 4.79 Å². The standard InChI is InChI=1S/C18H16N2O3S/c1-2-16-20-13(12-24-16)11-22-18(21)15-9-6-10-19-17(15)23-14-7-4-3-5-8-14/h3-10,12H,2,11H2,1H3. The van der Waals surface area contributed by atoms with Crippen molar-refractivity contribution in [3.8, 4) is 11.6 Å². The highest BCUT2D eigenvalue weighted by molar-refractivity contribution is 7.09. The average molecular weight is 340 g/mol. The monoisotopic (exact) mass is 340 g/mol. The lowest BCUT2D eigenvalue weighted by atomic mass is 10.2. The molecule has 0 aliphatic heterocycles. The molecule has 0 atom stereocenters. The molecular weight excluding hydrogens is 324 g/mol. The number of hydrogen-bond donors (Lipinski definition) is 0. The van der Waals surface area contributed by atoms with Gasteiger partial charge in [-0.3, -0.25) is 0 Å². The van der Waals surface area contributed by atoms with Gasteiger partial charge < -0.3 is 9.47 Å². The highest BCUT2D eigenvalue weighted by Crippen LogP contribution is 2.23. The van der Waals surface area contributed by atoms with Crippen LogP contribution in [0.2, 0.25) is 0 Å². The molecule has 3 rings (SSSR count). The van der Waals surface area contributed by atoms with Crippen molar-refractivity contribution in [3.63, 3.8) is 0 Å². The van der Waals surface area contributed by atoms with Crippen LogP contribution in [-0.4, -0.2) is 15.9 Å². The summed E-state index contributed by atoms with van der Waals surface area (Å²) in [5.41, 5.74) is 1.03. The van der Waals surface area contributed by atoms with Gasteiger partial charge in [-0.1, -0.05) is 25.1 Å². The van der Waals surface area contributed by atoms with Crippen LogP contribution >= 0.6 is 11.3 Å².